The molecule has 1 aliphatic heterocycles. The lowest BCUT2D eigenvalue weighted by Crippen LogP contribution is -2.52. The zero-order valence-electron chi connectivity index (χ0n) is 15.2. The van der Waals surface area contributed by atoms with Crippen molar-refractivity contribution in [2.24, 2.45) is 0 Å². The maximum absolute atomic E-state index is 12.5. The fourth-order valence-electron chi connectivity index (χ4n) is 3.27. The van der Waals surface area contributed by atoms with Gasteiger partial charge in [0.1, 0.15) is 0 Å². The summed E-state index contributed by atoms with van der Waals surface area (Å²) in [6.07, 6.45) is 1.52. The topological polar surface area (TPSA) is 57.0 Å². The van der Waals surface area contributed by atoms with Crippen LogP contribution in [0.25, 0.3) is 0 Å². The van der Waals surface area contributed by atoms with Crippen molar-refractivity contribution in [1.82, 2.24) is 14.7 Å². The van der Waals surface area contributed by atoms with Gasteiger partial charge in [-0.1, -0.05) is 0 Å². The molecule has 2 heterocycles. The van der Waals surface area contributed by atoms with Crippen molar-refractivity contribution in [3.05, 3.63) is 24.2 Å². The summed E-state index contributed by atoms with van der Waals surface area (Å²) in [6, 6.07) is 3.85. The second-order valence-corrected chi connectivity index (χ2v) is 6.94. The smallest absolute Gasteiger partial charge is 0.237 e. The molecule has 1 aliphatic rings. The highest BCUT2D eigenvalue weighted by Gasteiger charge is 2.25. The third kappa shape index (κ3) is 4.92. The summed E-state index contributed by atoms with van der Waals surface area (Å²) >= 11 is 0. The monoisotopic (exact) mass is 335 g/mol. The number of piperazine rings is 1. The number of hydrogen-bond donors (Lipinski definition) is 0. The Morgan fingerprint density at radius 3 is 2.04 bits per heavy atom. The van der Waals surface area contributed by atoms with Crippen LogP contribution in [-0.2, 0) is 4.79 Å². The normalized spacial score (nSPS) is 16.8. The first-order valence-electron chi connectivity index (χ1n) is 8.71. The van der Waals surface area contributed by atoms with Gasteiger partial charge in [0.25, 0.3) is 0 Å². The molecule has 0 saturated carbocycles. The van der Waals surface area contributed by atoms with E-state index in [0.717, 1.165) is 26.2 Å². The molecule has 6 heteroatoms. The maximum atomic E-state index is 12.5. The molecule has 1 amide bonds. The van der Waals surface area contributed by atoms with Gasteiger partial charge in [-0.25, -0.2) is 0 Å². The van der Waals surface area contributed by atoms with Crippen molar-refractivity contribution in [2.45, 2.75) is 39.8 Å². The Labute approximate surface area is 144 Å². The van der Waals surface area contributed by atoms with Crippen LogP contribution in [0.4, 0.5) is 0 Å². The molecule has 1 saturated heterocycles. The number of carbonyl (C=O) groups excluding carboxylic acids is 2. The van der Waals surface area contributed by atoms with Gasteiger partial charge in [0.2, 0.25) is 11.7 Å². The van der Waals surface area contributed by atoms with Gasteiger partial charge in [-0.2, -0.15) is 0 Å². The van der Waals surface area contributed by atoms with Crippen molar-refractivity contribution in [1.29, 1.82) is 0 Å². The highest BCUT2D eigenvalue weighted by atomic mass is 16.3. The molecule has 0 radical (unpaired) electrons. The summed E-state index contributed by atoms with van der Waals surface area (Å²) in [4.78, 5) is 30.8. The summed E-state index contributed by atoms with van der Waals surface area (Å²) in [5.74, 6) is 0.604. The van der Waals surface area contributed by atoms with Crippen LogP contribution in [-0.4, -0.2) is 77.7 Å². The predicted molar refractivity (Wildman–Crippen MR) is 93.0 cm³/mol. The Morgan fingerprint density at radius 1 is 1.04 bits per heavy atom. The zero-order chi connectivity index (χ0) is 17.7. The minimum absolute atomic E-state index is 0.00955. The molecule has 0 bridgehead atoms. The fourth-order valence-corrected chi connectivity index (χ4v) is 3.27. The molecule has 0 aromatic carbocycles. The Morgan fingerprint density at radius 2 is 1.58 bits per heavy atom. The first-order valence-corrected chi connectivity index (χ1v) is 8.71. The van der Waals surface area contributed by atoms with E-state index in [-0.39, 0.29) is 23.8 Å². The second-order valence-electron chi connectivity index (χ2n) is 6.94. The molecule has 0 N–H and O–H groups in total. The quantitative estimate of drug-likeness (QED) is 0.710. The van der Waals surface area contributed by atoms with Crippen LogP contribution >= 0.6 is 0 Å². The van der Waals surface area contributed by atoms with Gasteiger partial charge in [0, 0.05) is 38.3 Å². The first kappa shape index (κ1) is 18.7. The van der Waals surface area contributed by atoms with Gasteiger partial charge in [-0.05, 0) is 39.8 Å². The molecule has 6 nitrogen and oxygen atoms in total. The number of rotatable bonds is 7. The molecule has 2 rings (SSSR count). The largest absolute Gasteiger partial charge is 0.461 e. The van der Waals surface area contributed by atoms with Crippen molar-refractivity contribution in [2.75, 3.05) is 39.3 Å². The SMILES string of the molecule is CC(C)N(C(=O)CN1CCN(CC(=O)c2ccco2)CC1)C(C)C. The summed E-state index contributed by atoms with van der Waals surface area (Å²) in [5.41, 5.74) is 0. The Kier molecular flexibility index (Phi) is 6.57. The minimum Gasteiger partial charge on any atom is -0.461 e. The van der Waals surface area contributed by atoms with E-state index in [1.54, 1.807) is 12.1 Å². The average Bonchev–Trinajstić information content (AvgIpc) is 3.02. The summed E-state index contributed by atoms with van der Waals surface area (Å²) in [6.45, 7) is 12.2. The number of amides is 1. The van der Waals surface area contributed by atoms with Gasteiger partial charge >= 0.3 is 0 Å². The maximum Gasteiger partial charge on any atom is 0.237 e. The van der Waals surface area contributed by atoms with E-state index in [1.165, 1.54) is 6.26 Å². The molecule has 0 unspecified atom stereocenters. The number of furan rings is 1. The van der Waals surface area contributed by atoms with Crippen LogP contribution in [0.1, 0.15) is 38.2 Å². The number of ketones is 1. The van der Waals surface area contributed by atoms with E-state index in [9.17, 15) is 9.59 Å². The Bertz CT molecular complexity index is 524. The average molecular weight is 335 g/mol. The molecule has 1 fully saturated rings. The van der Waals surface area contributed by atoms with E-state index in [1.807, 2.05) is 4.90 Å². The summed E-state index contributed by atoms with van der Waals surface area (Å²) in [7, 11) is 0. The lowest BCUT2D eigenvalue weighted by atomic mass is 10.2. The molecule has 0 atom stereocenters. The van der Waals surface area contributed by atoms with Gasteiger partial charge in [-0.15, -0.1) is 0 Å². The number of hydrogen-bond acceptors (Lipinski definition) is 5. The fraction of sp³-hybridized carbons (Fsp3) is 0.667. The van der Waals surface area contributed by atoms with Crippen molar-refractivity contribution >= 4 is 11.7 Å². The standard InChI is InChI=1S/C18H29N3O3/c1-14(2)21(15(3)4)18(23)13-20-9-7-19(8-10-20)12-16(22)17-6-5-11-24-17/h5-6,11,14-15H,7-10,12-13H2,1-4H3. The number of Topliss-reactive ketones (excluding diaryl/α,β-unsaturated/α-hetero) is 1. The molecule has 1 aromatic heterocycles. The minimum atomic E-state index is 0.00955. The zero-order valence-corrected chi connectivity index (χ0v) is 15.2. The van der Waals surface area contributed by atoms with Crippen LogP contribution in [0.2, 0.25) is 0 Å². The molecule has 24 heavy (non-hydrogen) atoms. The number of carbonyl (C=O) groups is 2. The van der Waals surface area contributed by atoms with E-state index >= 15 is 0 Å². The van der Waals surface area contributed by atoms with Crippen LogP contribution < -0.4 is 0 Å². The molecule has 134 valence electrons. The van der Waals surface area contributed by atoms with Gasteiger partial charge in [0.05, 0.1) is 19.4 Å². The van der Waals surface area contributed by atoms with Gasteiger partial charge in [-0.3, -0.25) is 19.4 Å². The van der Waals surface area contributed by atoms with E-state index in [2.05, 4.69) is 37.5 Å². The third-order valence-electron chi connectivity index (χ3n) is 4.39. The van der Waals surface area contributed by atoms with Crippen molar-refractivity contribution in [3.63, 3.8) is 0 Å². The molecule has 0 aliphatic carbocycles. The lowest BCUT2D eigenvalue weighted by molar-refractivity contribution is -0.136. The van der Waals surface area contributed by atoms with Gasteiger partial charge < -0.3 is 9.32 Å². The summed E-state index contributed by atoms with van der Waals surface area (Å²) < 4.78 is 5.14. The van der Waals surface area contributed by atoms with Gasteiger partial charge in [0.15, 0.2) is 5.76 Å². The van der Waals surface area contributed by atoms with Crippen LogP contribution in [0.3, 0.4) is 0 Å². The lowest BCUT2D eigenvalue weighted by Gasteiger charge is -2.37. The van der Waals surface area contributed by atoms with Crippen molar-refractivity contribution in [3.8, 4) is 0 Å². The first-order chi connectivity index (χ1) is 11.4. The van der Waals surface area contributed by atoms with Crippen molar-refractivity contribution < 1.29 is 14.0 Å². The van der Waals surface area contributed by atoms with Crippen LogP contribution in [0.5, 0.6) is 0 Å². The molecule has 1 aromatic rings. The van der Waals surface area contributed by atoms with E-state index in [4.69, 9.17) is 4.42 Å². The van der Waals surface area contributed by atoms with E-state index < -0.39 is 0 Å². The number of nitrogens with zero attached hydrogens (tertiary/aromatic N) is 3. The predicted octanol–water partition coefficient (Wildman–Crippen LogP) is 1.73. The Hall–Kier alpha value is -1.66. The van der Waals surface area contributed by atoms with E-state index in [0.29, 0.717) is 18.8 Å². The second kappa shape index (κ2) is 8.44. The van der Waals surface area contributed by atoms with Crippen LogP contribution in [0.15, 0.2) is 22.8 Å². The van der Waals surface area contributed by atoms with Crippen LogP contribution in [0, 0.1) is 0 Å². The highest BCUT2D eigenvalue weighted by Crippen LogP contribution is 2.09. The molecular weight excluding hydrogens is 306 g/mol. The molecule has 0 spiro atoms. The third-order valence-corrected chi connectivity index (χ3v) is 4.39. The summed E-state index contributed by atoms with van der Waals surface area (Å²) in [5, 5.41) is 0. The highest BCUT2D eigenvalue weighted by molar-refractivity contribution is 5.95. The Balaban J connectivity index is 1.78. The molecular formula is C18H29N3O3.